The number of benzene rings is 2. The molecular formula is C15H15ClN2O. The van der Waals surface area contributed by atoms with Crippen LogP contribution in [0.2, 0.25) is 5.02 Å². The van der Waals surface area contributed by atoms with Crippen molar-refractivity contribution in [2.45, 2.75) is 6.23 Å². The third-order valence-electron chi connectivity index (χ3n) is 3.19. The molecule has 98 valence electrons. The van der Waals surface area contributed by atoms with Crippen molar-refractivity contribution in [3.05, 3.63) is 53.1 Å². The maximum Gasteiger partial charge on any atom is 0.196 e. The van der Waals surface area contributed by atoms with Crippen LogP contribution in [0.3, 0.4) is 0 Å². The molecule has 0 aliphatic carbocycles. The van der Waals surface area contributed by atoms with E-state index in [-0.39, 0.29) is 6.23 Å². The second-order valence-electron chi connectivity index (χ2n) is 4.77. The number of ether oxygens (including phenoxy) is 1. The van der Waals surface area contributed by atoms with Gasteiger partial charge in [0.25, 0.3) is 0 Å². The Morgan fingerprint density at radius 3 is 2.53 bits per heavy atom. The molecule has 1 N–H and O–H groups in total. The van der Waals surface area contributed by atoms with Crippen molar-refractivity contribution < 1.29 is 4.74 Å². The number of anilines is 2. The van der Waals surface area contributed by atoms with Crippen LogP contribution in [0.5, 0.6) is 5.75 Å². The zero-order chi connectivity index (χ0) is 13.4. The Morgan fingerprint density at radius 2 is 1.84 bits per heavy atom. The molecule has 2 aromatic rings. The van der Waals surface area contributed by atoms with Gasteiger partial charge in [-0.2, -0.15) is 0 Å². The Balaban J connectivity index is 1.82. The van der Waals surface area contributed by atoms with E-state index in [1.54, 1.807) is 0 Å². The molecule has 0 amide bonds. The summed E-state index contributed by atoms with van der Waals surface area (Å²) in [5.74, 6) is 0.839. The smallest absolute Gasteiger partial charge is 0.196 e. The van der Waals surface area contributed by atoms with Crippen LogP contribution in [0, 0.1) is 0 Å². The highest BCUT2D eigenvalue weighted by atomic mass is 35.5. The van der Waals surface area contributed by atoms with Gasteiger partial charge < -0.3 is 15.0 Å². The minimum Gasteiger partial charge on any atom is -0.464 e. The summed E-state index contributed by atoms with van der Waals surface area (Å²) in [4.78, 5) is 2.07. The van der Waals surface area contributed by atoms with Gasteiger partial charge in [0.05, 0.1) is 5.69 Å². The third-order valence-corrected chi connectivity index (χ3v) is 3.42. The Labute approximate surface area is 117 Å². The maximum absolute atomic E-state index is 5.97. The number of halogens is 1. The molecule has 1 atom stereocenters. The molecule has 0 spiro atoms. The molecule has 0 aromatic heterocycles. The van der Waals surface area contributed by atoms with Crippen molar-refractivity contribution in [2.24, 2.45) is 0 Å². The highest BCUT2D eigenvalue weighted by Crippen LogP contribution is 2.39. The van der Waals surface area contributed by atoms with Crippen LogP contribution in [-0.2, 0) is 0 Å². The number of nitrogens with zero attached hydrogens (tertiary/aromatic N) is 1. The Morgan fingerprint density at radius 1 is 1.11 bits per heavy atom. The van der Waals surface area contributed by atoms with Crippen molar-refractivity contribution in [2.75, 3.05) is 24.3 Å². The molecule has 3 nitrogen and oxygen atoms in total. The quantitative estimate of drug-likeness (QED) is 0.899. The minimum absolute atomic E-state index is 0.148. The van der Waals surface area contributed by atoms with Crippen LogP contribution < -0.4 is 15.0 Å². The van der Waals surface area contributed by atoms with Crippen LogP contribution >= 0.6 is 11.6 Å². The predicted octanol–water partition coefficient (Wildman–Crippen LogP) is 3.91. The first-order valence-corrected chi connectivity index (χ1v) is 6.51. The summed E-state index contributed by atoms with van der Waals surface area (Å²) in [6.45, 7) is 0. The van der Waals surface area contributed by atoms with Crippen molar-refractivity contribution in [3.63, 3.8) is 0 Å². The molecule has 0 saturated heterocycles. The van der Waals surface area contributed by atoms with Gasteiger partial charge in [0, 0.05) is 30.4 Å². The van der Waals surface area contributed by atoms with Gasteiger partial charge in [-0.05, 0) is 30.3 Å². The Hall–Kier alpha value is -1.87. The molecule has 0 radical (unpaired) electrons. The molecule has 0 fully saturated rings. The standard InChI is InChI=1S/C15H15ClN2O/c1-18(2)12-6-3-10(4-7-12)15-17-13-9-11(16)5-8-14(13)19-15/h3-9,15,17H,1-2H3/t15-/m0/s1. The molecule has 19 heavy (non-hydrogen) atoms. The number of hydrogen-bond acceptors (Lipinski definition) is 3. The summed E-state index contributed by atoms with van der Waals surface area (Å²) in [7, 11) is 4.05. The van der Waals surface area contributed by atoms with E-state index in [0.29, 0.717) is 5.02 Å². The van der Waals surface area contributed by atoms with E-state index in [4.69, 9.17) is 16.3 Å². The summed E-state index contributed by atoms with van der Waals surface area (Å²) >= 11 is 5.97. The first kappa shape index (κ1) is 12.2. The lowest BCUT2D eigenvalue weighted by molar-refractivity contribution is 0.260. The summed E-state index contributed by atoms with van der Waals surface area (Å²) < 4.78 is 5.86. The van der Waals surface area contributed by atoms with E-state index in [2.05, 4.69) is 34.5 Å². The van der Waals surface area contributed by atoms with Gasteiger partial charge in [0.1, 0.15) is 5.75 Å². The lowest BCUT2D eigenvalue weighted by atomic mass is 10.2. The highest BCUT2D eigenvalue weighted by molar-refractivity contribution is 6.30. The summed E-state index contributed by atoms with van der Waals surface area (Å²) in [6, 6.07) is 13.9. The van der Waals surface area contributed by atoms with Crippen molar-refractivity contribution >= 4 is 23.0 Å². The number of fused-ring (bicyclic) bond motifs is 1. The van der Waals surface area contributed by atoms with Gasteiger partial charge in [-0.3, -0.25) is 0 Å². The topological polar surface area (TPSA) is 24.5 Å². The van der Waals surface area contributed by atoms with Crippen LogP contribution in [0.25, 0.3) is 0 Å². The Bertz CT molecular complexity index is 596. The van der Waals surface area contributed by atoms with Crippen LogP contribution in [0.4, 0.5) is 11.4 Å². The first-order valence-electron chi connectivity index (χ1n) is 6.13. The molecule has 2 aromatic carbocycles. The molecule has 1 heterocycles. The SMILES string of the molecule is CN(C)c1ccc([C@H]2Nc3cc(Cl)ccc3O2)cc1. The third kappa shape index (κ3) is 2.34. The van der Waals surface area contributed by atoms with E-state index >= 15 is 0 Å². The fraction of sp³-hybridized carbons (Fsp3) is 0.200. The molecule has 0 bridgehead atoms. The predicted molar refractivity (Wildman–Crippen MR) is 79.2 cm³/mol. The molecule has 3 rings (SSSR count). The van der Waals surface area contributed by atoms with E-state index in [1.807, 2.05) is 32.3 Å². The first-order chi connectivity index (χ1) is 9.13. The zero-order valence-corrected chi connectivity index (χ0v) is 11.6. The zero-order valence-electron chi connectivity index (χ0n) is 10.9. The van der Waals surface area contributed by atoms with Crippen molar-refractivity contribution in [3.8, 4) is 5.75 Å². The molecule has 0 unspecified atom stereocenters. The van der Waals surface area contributed by atoms with Crippen LogP contribution in [0.15, 0.2) is 42.5 Å². The molecule has 4 heteroatoms. The largest absolute Gasteiger partial charge is 0.464 e. The van der Waals surface area contributed by atoms with E-state index in [9.17, 15) is 0 Å². The minimum atomic E-state index is -0.148. The normalized spacial score (nSPS) is 16.5. The van der Waals surface area contributed by atoms with Crippen molar-refractivity contribution in [1.82, 2.24) is 0 Å². The average Bonchev–Trinajstić information content (AvgIpc) is 2.81. The number of nitrogens with one attached hydrogen (secondary N) is 1. The lowest BCUT2D eigenvalue weighted by Crippen LogP contribution is -2.11. The summed E-state index contributed by atoms with van der Waals surface area (Å²) in [5.41, 5.74) is 3.20. The van der Waals surface area contributed by atoms with Gasteiger partial charge in [-0.15, -0.1) is 0 Å². The van der Waals surface area contributed by atoms with E-state index in [1.165, 1.54) is 5.69 Å². The van der Waals surface area contributed by atoms with Gasteiger partial charge in [-0.1, -0.05) is 23.7 Å². The Kier molecular flexibility index (Phi) is 2.99. The van der Waals surface area contributed by atoms with Crippen LogP contribution in [0.1, 0.15) is 11.8 Å². The second kappa shape index (κ2) is 4.67. The highest BCUT2D eigenvalue weighted by Gasteiger charge is 2.23. The second-order valence-corrected chi connectivity index (χ2v) is 5.21. The fourth-order valence-corrected chi connectivity index (χ4v) is 2.29. The van der Waals surface area contributed by atoms with Crippen molar-refractivity contribution in [1.29, 1.82) is 0 Å². The summed E-state index contributed by atoms with van der Waals surface area (Å²) in [5, 5.41) is 4.03. The maximum atomic E-state index is 5.97. The number of hydrogen-bond donors (Lipinski definition) is 1. The lowest BCUT2D eigenvalue weighted by Gasteiger charge is -2.15. The number of rotatable bonds is 2. The molecule has 1 aliphatic rings. The fourth-order valence-electron chi connectivity index (χ4n) is 2.11. The molecular weight excluding hydrogens is 260 g/mol. The average molecular weight is 275 g/mol. The van der Waals surface area contributed by atoms with Gasteiger partial charge >= 0.3 is 0 Å². The van der Waals surface area contributed by atoms with Gasteiger partial charge in [-0.25, -0.2) is 0 Å². The molecule has 1 aliphatic heterocycles. The monoisotopic (exact) mass is 274 g/mol. The van der Waals surface area contributed by atoms with E-state index in [0.717, 1.165) is 17.0 Å². The van der Waals surface area contributed by atoms with Crippen LogP contribution in [-0.4, -0.2) is 14.1 Å². The summed E-state index contributed by atoms with van der Waals surface area (Å²) in [6.07, 6.45) is -0.148. The van der Waals surface area contributed by atoms with Gasteiger partial charge in [0.2, 0.25) is 0 Å². The van der Waals surface area contributed by atoms with E-state index < -0.39 is 0 Å². The molecule has 0 saturated carbocycles. The van der Waals surface area contributed by atoms with Gasteiger partial charge in [0.15, 0.2) is 6.23 Å².